The lowest BCUT2D eigenvalue weighted by molar-refractivity contribution is 0.664. The van der Waals surface area contributed by atoms with E-state index >= 15 is 0 Å². The van der Waals surface area contributed by atoms with E-state index < -0.39 is 10.8 Å². The van der Waals surface area contributed by atoms with Crippen molar-refractivity contribution in [3.63, 3.8) is 0 Å². The van der Waals surface area contributed by atoms with Gasteiger partial charge in [0.2, 0.25) is 0 Å². The number of aromatic nitrogens is 3. The van der Waals surface area contributed by atoms with Crippen LogP contribution in [0.2, 0.25) is 0 Å². The number of hydrogen-bond acceptors (Lipinski definition) is 3. The van der Waals surface area contributed by atoms with Gasteiger partial charge in [0, 0.05) is 31.8 Å². The maximum Gasteiger partial charge on any atom is 0.199 e. The molecule has 0 aliphatic heterocycles. The van der Waals surface area contributed by atoms with Gasteiger partial charge in [0.05, 0.1) is 16.6 Å². The first-order valence-electron chi connectivity index (χ1n) is 4.52. The highest BCUT2D eigenvalue weighted by molar-refractivity contribution is 7.84. The van der Waals surface area contributed by atoms with Crippen LogP contribution in [0, 0.1) is 0 Å². The third-order valence-electron chi connectivity index (χ3n) is 2.00. The number of hydrogen-bond donors (Lipinski definition) is 0. The van der Waals surface area contributed by atoms with Crippen molar-refractivity contribution in [1.29, 1.82) is 0 Å². The fourth-order valence-electron chi connectivity index (χ4n) is 1.27. The summed E-state index contributed by atoms with van der Waals surface area (Å²) in [7, 11) is 0.734. The Hall–Kier alpha value is -1.49. The average Bonchev–Trinajstić information content (AvgIpc) is 2.66. The van der Waals surface area contributed by atoms with E-state index in [-0.39, 0.29) is 0 Å². The van der Waals surface area contributed by atoms with Gasteiger partial charge in [-0.1, -0.05) is 6.07 Å². The standard InChI is InChI=1S/C10H11N3OS/c1-13-6-5-12-10(13)15(14)8-9-3-2-4-11-7-9/h2-7H,8H2,1H3. The smallest absolute Gasteiger partial charge is 0.199 e. The highest BCUT2D eigenvalue weighted by Crippen LogP contribution is 2.08. The van der Waals surface area contributed by atoms with Crippen molar-refractivity contribution in [3.05, 3.63) is 42.5 Å². The van der Waals surface area contributed by atoms with Crippen molar-refractivity contribution < 1.29 is 4.21 Å². The number of aryl methyl sites for hydroxylation is 1. The highest BCUT2D eigenvalue weighted by Gasteiger charge is 2.09. The first-order valence-corrected chi connectivity index (χ1v) is 5.84. The van der Waals surface area contributed by atoms with Crippen molar-refractivity contribution in [2.24, 2.45) is 7.05 Å². The summed E-state index contributed by atoms with van der Waals surface area (Å²) in [6.07, 6.45) is 6.86. The van der Waals surface area contributed by atoms with Gasteiger partial charge in [0.25, 0.3) is 0 Å². The average molecular weight is 221 g/mol. The van der Waals surface area contributed by atoms with Crippen LogP contribution in [0.4, 0.5) is 0 Å². The van der Waals surface area contributed by atoms with Crippen molar-refractivity contribution >= 4 is 10.8 Å². The zero-order valence-corrected chi connectivity index (χ0v) is 9.15. The molecule has 0 aromatic carbocycles. The minimum absolute atomic E-state index is 0.457. The molecule has 0 radical (unpaired) electrons. The van der Waals surface area contributed by atoms with Gasteiger partial charge in [-0.25, -0.2) is 4.98 Å². The molecule has 1 unspecified atom stereocenters. The van der Waals surface area contributed by atoms with Gasteiger partial charge in [-0.3, -0.25) is 9.19 Å². The van der Waals surface area contributed by atoms with Crippen LogP contribution in [-0.4, -0.2) is 18.7 Å². The van der Waals surface area contributed by atoms with Gasteiger partial charge < -0.3 is 4.57 Å². The lowest BCUT2D eigenvalue weighted by Crippen LogP contribution is -2.03. The minimum Gasteiger partial charge on any atom is -0.327 e. The fraction of sp³-hybridized carbons (Fsp3) is 0.200. The van der Waals surface area contributed by atoms with Gasteiger partial charge in [-0.2, -0.15) is 0 Å². The van der Waals surface area contributed by atoms with E-state index in [4.69, 9.17) is 0 Å². The van der Waals surface area contributed by atoms with Crippen LogP contribution >= 0.6 is 0 Å². The predicted octanol–water partition coefficient (Wildman–Crippen LogP) is 1.12. The monoisotopic (exact) mass is 221 g/mol. The highest BCUT2D eigenvalue weighted by atomic mass is 32.2. The van der Waals surface area contributed by atoms with Crippen LogP contribution in [0.3, 0.4) is 0 Å². The SMILES string of the molecule is Cn1ccnc1S(=O)Cc1cccnc1. The van der Waals surface area contributed by atoms with Gasteiger partial charge >= 0.3 is 0 Å². The summed E-state index contributed by atoms with van der Waals surface area (Å²) >= 11 is 0. The number of rotatable bonds is 3. The molecule has 0 amide bonds. The van der Waals surface area contributed by atoms with E-state index in [2.05, 4.69) is 9.97 Å². The molecule has 2 rings (SSSR count). The summed E-state index contributed by atoms with van der Waals surface area (Å²) in [6, 6.07) is 3.75. The summed E-state index contributed by atoms with van der Waals surface area (Å²) in [5.41, 5.74) is 0.957. The molecule has 0 spiro atoms. The van der Waals surface area contributed by atoms with Crippen molar-refractivity contribution in [2.75, 3.05) is 0 Å². The minimum atomic E-state index is -1.10. The van der Waals surface area contributed by atoms with E-state index in [0.717, 1.165) is 5.56 Å². The lowest BCUT2D eigenvalue weighted by atomic mass is 10.3. The van der Waals surface area contributed by atoms with E-state index in [9.17, 15) is 4.21 Å². The van der Waals surface area contributed by atoms with Gasteiger partial charge in [-0.15, -0.1) is 0 Å². The molecule has 0 saturated carbocycles. The zero-order valence-electron chi connectivity index (χ0n) is 8.33. The normalized spacial score (nSPS) is 12.6. The fourth-order valence-corrected chi connectivity index (χ4v) is 2.43. The van der Waals surface area contributed by atoms with E-state index in [1.165, 1.54) is 0 Å². The van der Waals surface area contributed by atoms with E-state index in [1.807, 2.05) is 19.2 Å². The molecule has 5 heteroatoms. The number of nitrogens with zero attached hydrogens (tertiary/aromatic N) is 3. The van der Waals surface area contributed by atoms with Crippen molar-refractivity contribution in [2.45, 2.75) is 10.9 Å². The molecule has 4 nitrogen and oxygen atoms in total. The third kappa shape index (κ3) is 2.30. The molecule has 0 bridgehead atoms. The lowest BCUT2D eigenvalue weighted by Gasteiger charge is -2.01. The largest absolute Gasteiger partial charge is 0.327 e. The Bertz CT molecular complexity index is 467. The van der Waals surface area contributed by atoms with Crippen LogP contribution in [0.5, 0.6) is 0 Å². The molecule has 2 aromatic rings. The molecule has 2 aromatic heterocycles. The van der Waals surface area contributed by atoms with Crippen LogP contribution in [0.25, 0.3) is 0 Å². The maximum absolute atomic E-state index is 11.9. The second-order valence-corrected chi connectivity index (χ2v) is 4.52. The zero-order chi connectivity index (χ0) is 10.7. The summed E-state index contributed by atoms with van der Waals surface area (Å²) in [5.74, 6) is 0.457. The first kappa shape index (κ1) is 10.0. The Kier molecular flexibility index (Phi) is 2.91. The Morgan fingerprint density at radius 1 is 1.47 bits per heavy atom. The number of pyridine rings is 1. The molecule has 0 fully saturated rings. The predicted molar refractivity (Wildman–Crippen MR) is 57.6 cm³/mol. The van der Waals surface area contributed by atoms with E-state index in [1.54, 1.807) is 29.4 Å². The molecule has 0 saturated heterocycles. The Balaban J connectivity index is 2.15. The second-order valence-electron chi connectivity index (χ2n) is 3.17. The maximum atomic E-state index is 11.9. The summed E-state index contributed by atoms with van der Waals surface area (Å²) < 4.78 is 13.7. The molecular weight excluding hydrogens is 210 g/mol. The molecular formula is C10H11N3OS. The van der Waals surface area contributed by atoms with Crippen LogP contribution in [0.15, 0.2) is 42.1 Å². The summed E-state index contributed by atoms with van der Waals surface area (Å²) in [5, 5.41) is 0.596. The molecule has 78 valence electrons. The molecule has 0 aliphatic carbocycles. The summed E-state index contributed by atoms with van der Waals surface area (Å²) in [4.78, 5) is 8.03. The molecule has 15 heavy (non-hydrogen) atoms. The first-order chi connectivity index (χ1) is 7.27. The van der Waals surface area contributed by atoms with Gasteiger partial charge in [-0.05, 0) is 11.6 Å². The number of imidazole rings is 1. The molecule has 0 aliphatic rings. The molecule has 1 atom stereocenters. The van der Waals surface area contributed by atoms with Crippen LogP contribution in [0.1, 0.15) is 5.56 Å². The van der Waals surface area contributed by atoms with Gasteiger partial charge in [0.15, 0.2) is 5.16 Å². The molecule has 2 heterocycles. The van der Waals surface area contributed by atoms with Crippen molar-refractivity contribution in [3.8, 4) is 0 Å². The van der Waals surface area contributed by atoms with Crippen LogP contribution < -0.4 is 0 Å². The van der Waals surface area contributed by atoms with E-state index in [0.29, 0.717) is 10.9 Å². The summed E-state index contributed by atoms with van der Waals surface area (Å²) in [6.45, 7) is 0. The Morgan fingerprint density at radius 3 is 2.93 bits per heavy atom. The van der Waals surface area contributed by atoms with Gasteiger partial charge in [0.1, 0.15) is 0 Å². The second kappa shape index (κ2) is 4.35. The van der Waals surface area contributed by atoms with Crippen molar-refractivity contribution in [1.82, 2.24) is 14.5 Å². The Labute approximate surface area is 90.5 Å². The molecule has 0 N–H and O–H groups in total. The Morgan fingerprint density at radius 2 is 2.33 bits per heavy atom. The third-order valence-corrected chi connectivity index (χ3v) is 3.40. The van der Waals surface area contributed by atoms with Crippen LogP contribution in [-0.2, 0) is 23.6 Å². The quantitative estimate of drug-likeness (QED) is 0.780. The topological polar surface area (TPSA) is 47.8 Å².